The maximum atomic E-state index is 11.6. The van der Waals surface area contributed by atoms with Crippen molar-refractivity contribution < 1.29 is 14.7 Å². The lowest BCUT2D eigenvalue weighted by Gasteiger charge is -2.11. The Morgan fingerprint density at radius 2 is 2.00 bits per heavy atom. The molecular formula is C14H16N2O3. The van der Waals surface area contributed by atoms with Crippen LogP contribution < -0.4 is 0 Å². The third-order valence-electron chi connectivity index (χ3n) is 3.08. The Balaban J connectivity index is 2.34. The van der Waals surface area contributed by atoms with Crippen LogP contribution in [-0.2, 0) is 11.3 Å². The van der Waals surface area contributed by atoms with Gasteiger partial charge in [-0.3, -0.25) is 4.79 Å². The van der Waals surface area contributed by atoms with Crippen LogP contribution in [-0.4, -0.2) is 40.5 Å². The molecule has 5 nitrogen and oxygen atoms in total. The molecule has 0 aliphatic heterocycles. The first kappa shape index (κ1) is 13.1. The molecule has 1 aromatic carbocycles. The van der Waals surface area contributed by atoms with E-state index in [1.54, 1.807) is 26.2 Å². The summed E-state index contributed by atoms with van der Waals surface area (Å²) >= 11 is 0. The molecule has 0 fully saturated rings. The van der Waals surface area contributed by atoms with Crippen molar-refractivity contribution in [3.8, 4) is 0 Å². The van der Waals surface area contributed by atoms with Gasteiger partial charge in [0.25, 0.3) is 0 Å². The predicted molar refractivity (Wildman–Crippen MR) is 72.2 cm³/mol. The number of carboxylic acid groups (broad SMARTS) is 1. The number of carboxylic acids is 1. The van der Waals surface area contributed by atoms with Crippen LogP contribution in [0.25, 0.3) is 10.9 Å². The number of carbonyl (C=O) groups excluding carboxylic acids is 1. The average Bonchev–Trinajstić information content (AvgIpc) is 2.78. The molecule has 0 radical (unpaired) electrons. The van der Waals surface area contributed by atoms with E-state index in [2.05, 4.69) is 0 Å². The van der Waals surface area contributed by atoms with Gasteiger partial charge in [-0.05, 0) is 12.1 Å². The fourth-order valence-electron chi connectivity index (χ4n) is 2.06. The molecule has 0 saturated carbocycles. The first-order chi connectivity index (χ1) is 9.00. The third kappa shape index (κ3) is 2.59. The number of aryl methyl sites for hydroxylation is 1. The molecule has 2 aromatic rings. The quantitative estimate of drug-likeness (QED) is 0.912. The summed E-state index contributed by atoms with van der Waals surface area (Å²) in [5.74, 6) is -0.931. The SMILES string of the molecule is CN(C)C(=O)CCn1ccc2cccc(C(=O)O)c21. The fourth-order valence-corrected chi connectivity index (χ4v) is 2.06. The lowest BCUT2D eigenvalue weighted by molar-refractivity contribution is -0.128. The first-order valence-corrected chi connectivity index (χ1v) is 6.02. The second-order valence-corrected chi connectivity index (χ2v) is 4.60. The Hall–Kier alpha value is -2.30. The maximum absolute atomic E-state index is 11.6. The van der Waals surface area contributed by atoms with E-state index < -0.39 is 5.97 Å². The van der Waals surface area contributed by atoms with Gasteiger partial charge in [-0.1, -0.05) is 12.1 Å². The van der Waals surface area contributed by atoms with Crippen molar-refractivity contribution >= 4 is 22.8 Å². The van der Waals surface area contributed by atoms with Crippen molar-refractivity contribution in [1.29, 1.82) is 0 Å². The number of fused-ring (bicyclic) bond motifs is 1. The zero-order chi connectivity index (χ0) is 14.0. The van der Waals surface area contributed by atoms with Gasteiger partial charge in [-0.2, -0.15) is 0 Å². The van der Waals surface area contributed by atoms with E-state index in [1.165, 1.54) is 4.90 Å². The second-order valence-electron chi connectivity index (χ2n) is 4.60. The van der Waals surface area contributed by atoms with Crippen LogP contribution >= 0.6 is 0 Å². The van der Waals surface area contributed by atoms with E-state index >= 15 is 0 Å². The van der Waals surface area contributed by atoms with Gasteiger partial charge in [0, 0.05) is 38.6 Å². The van der Waals surface area contributed by atoms with E-state index in [-0.39, 0.29) is 11.5 Å². The highest BCUT2D eigenvalue weighted by atomic mass is 16.4. The van der Waals surface area contributed by atoms with Crippen molar-refractivity contribution in [1.82, 2.24) is 9.47 Å². The maximum Gasteiger partial charge on any atom is 0.337 e. The van der Waals surface area contributed by atoms with Crippen molar-refractivity contribution in [2.45, 2.75) is 13.0 Å². The van der Waals surface area contributed by atoms with Gasteiger partial charge >= 0.3 is 5.97 Å². The fraction of sp³-hybridized carbons (Fsp3) is 0.286. The van der Waals surface area contributed by atoms with E-state index in [9.17, 15) is 14.7 Å². The molecule has 0 bridgehead atoms. The molecule has 0 saturated heterocycles. The van der Waals surface area contributed by atoms with E-state index in [0.29, 0.717) is 18.5 Å². The summed E-state index contributed by atoms with van der Waals surface area (Å²) in [5, 5.41) is 10.1. The Morgan fingerprint density at radius 1 is 1.26 bits per heavy atom. The topological polar surface area (TPSA) is 62.5 Å². The summed E-state index contributed by atoms with van der Waals surface area (Å²) in [7, 11) is 3.41. The van der Waals surface area contributed by atoms with Gasteiger partial charge in [-0.15, -0.1) is 0 Å². The molecule has 19 heavy (non-hydrogen) atoms. The normalized spacial score (nSPS) is 10.6. The molecule has 100 valence electrons. The highest BCUT2D eigenvalue weighted by molar-refractivity contribution is 6.02. The lowest BCUT2D eigenvalue weighted by Crippen LogP contribution is -2.22. The van der Waals surface area contributed by atoms with Crippen LogP contribution in [0, 0.1) is 0 Å². The second kappa shape index (κ2) is 5.14. The summed E-state index contributed by atoms with van der Waals surface area (Å²) in [4.78, 5) is 24.3. The van der Waals surface area contributed by atoms with Gasteiger partial charge in [0.05, 0.1) is 11.1 Å². The Bertz CT molecular complexity index is 629. The zero-order valence-corrected chi connectivity index (χ0v) is 11.0. The minimum absolute atomic E-state index is 0.0228. The number of amides is 1. The molecule has 0 atom stereocenters. The van der Waals surface area contributed by atoms with E-state index in [0.717, 1.165) is 5.39 Å². The first-order valence-electron chi connectivity index (χ1n) is 6.02. The summed E-state index contributed by atoms with van der Waals surface area (Å²) < 4.78 is 1.82. The molecule has 1 aromatic heterocycles. The number of para-hydroxylation sites is 1. The standard InChI is InChI=1S/C14H16N2O3/c1-15(2)12(17)7-9-16-8-6-10-4-3-5-11(13(10)16)14(18)19/h3-6,8H,7,9H2,1-2H3,(H,18,19). The summed E-state index contributed by atoms with van der Waals surface area (Å²) in [6.07, 6.45) is 2.17. The number of rotatable bonds is 4. The highest BCUT2D eigenvalue weighted by Gasteiger charge is 2.13. The number of aromatic nitrogens is 1. The summed E-state index contributed by atoms with van der Waals surface area (Å²) in [5.41, 5.74) is 0.932. The van der Waals surface area contributed by atoms with Crippen LogP contribution in [0.4, 0.5) is 0 Å². The average molecular weight is 260 g/mol. The van der Waals surface area contributed by atoms with Crippen molar-refractivity contribution in [2.75, 3.05) is 14.1 Å². The van der Waals surface area contributed by atoms with Crippen LogP contribution in [0.2, 0.25) is 0 Å². The number of nitrogens with zero attached hydrogens (tertiary/aromatic N) is 2. The smallest absolute Gasteiger partial charge is 0.337 e. The molecule has 5 heteroatoms. The molecule has 2 rings (SSSR count). The molecule has 1 N–H and O–H groups in total. The Kier molecular flexibility index (Phi) is 3.55. The molecule has 0 spiro atoms. The number of hydrogen-bond donors (Lipinski definition) is 1. The lowest BCUT2D eigenvalue weighted by atomic mass is 10.1. The van der Waals surface area contributed by atoms with Crippen molar-refractivity contribution in [2.24, 2.45) is 0 Å². The zero-order valence-electron chi connectivity index (χ0n) is 11.0. The highest BCUT2D eigenvalue weighted by Crippen LogP contribution is 2.20. The van der Waals surface area contributed by atoms with E-state index in [1.807, 2.05) is 22.9 Å². The molecule has 1 amide bonds. The van der Waals surface area contributed by atoms with E-state index in [4.69, 9.17) is 0 Å². The summed E-state index contributed by atoms with van der Waals surface area (Å²) in [6, 6.07) is 7.03. The van der Waals surface area contributed by atoms with Gasteiger partial charge < -0.3 is 14.6 Å². The molecule has 1 heterocycles. The van der Waals surface area contributed by atoms with Gasteiger partial charge in [-0.25, -0.2) is 4.79 Å². The monoisotopic (exact) mass is 260 g/mol. The molecule has 0 unspecified atom stereocenters. The molecule has 0 aliphatic carbocycles. The number of aromatic carboxylic acids is 1. The van der Waals surface area contributed by atoms with Crippen LogP contribution in [0.5, 0.6) is 0 Å². The predicted octanol–water partition coefficient (Wildman–Crippen LogP) is 1.82. The largest absolute Gasteiger partial charge is 0.478 e. The Labute approximate surface area is 111 Å². The number of benzene rings is 1. The summed E-state index contributed by atoms with van der Waals surface area (Å²) in [6.45, 7) is 0.477. The number of carbonyl (C=O) groups is 2. The molecular weight excluding hydrogens is 244 g/mol. The minimum atomic E-state index is -0.954. The van der Waals surface area contributed by atoms with Crippen LogP contribution in [0.3, 0.4) is 0 Å². The van der Waals surface area contributed by atoms with Crippen molar-refractivity contribution in [3.05, 3.63) is 36.0 Å². The van der Waals surface area contributed by atoms with Crippen LogP contribution in [0.15, 0.2) is 30.5 Å². The van der Waals surface area contributed by atoms with Crippen LogP contribution in [0.1, 0.15) is 16.8 Å². The van der Waals surface area contributed by atoms with Gasteiger partial charge in [0.1, 0.15) is 0 Å². The number of hydrogen-bond acceptors (Lipinski definition) is 2. The third-order valence-corrected chi connectivity index (χ3v) is 3.08. The van der Waals surface area contributed by atoms with Gasteiger partial charge in [0.2, 0.25) is 5.91 Å². The molecule has 0 aliphatic rings. The Morgan fingerprint density at radius 3 is 2.63 bits per heavy atom. The van der Waals surface area contributed by atoms with Crippen molar-refractivity contribution in [3.63, 3.8) is 0 Å². The minimum Gasteiger partial charge on any atom is -0.478 e. The van der Waals surface area contributed by atoms with Gasteiger partial charge in [0.15, 0.2) is 0 Å².